The number of hydrogen-bond acceptors (Lipinski definition) is 6. The van der Waals surface area contributed by atoms with E-state index in [4.69, 9.17) is 11.0 Å². The highest BCUT2D eigenvalue weighted by atomic mass is 32.2. The molecule has 10 heteroatoms. The molecule has 2 rings (SSSR count). The van der Waals surface area contributed by atoms with Crippen LogP contribution in [0, 0.1) is 36.5 Å². The number of pyridine rings is 1. The van der Waals surface area contributed by atoms with E-state index in [0.717, 1.165) is 17.8 Å². The maximum Gasteiger partial charge on any atom is 0.416 e. The highest BCUT2D eigenvalue weighted by molar-refractivity contribution is 8.00. The smallest absolute Gasteiger partial charge is 0.383 e. The number of halogens is 3. The number of rotatable bonds is 4. The van der Waals surface area contributed by atoms with Crippen molar-refractivity contribution in [1.82, 2.24) is 4.98 Å². The number of amides is 1. The molecule has 1 aromatic heterocycles. The molecule has 6 nitrogen and oxygen atoms in total. The molecular formula is C18H14F3N5OS. The average molecular weight is 405 g/mol. The second-order valence-corrected chi connectivity index (χ2v) is 6.73. The number of nitriles is 2. The first-order chi connectivity index (χ1) is 13.1. The second kappa shape index (κ2) is 8.19. The van der Waals surface area contributed by atoms with Gasteiger partial charge in [0.25, 0.3) is 0 Å². The molecule has 0 fully saturated rings. The number of alkyl halides is 3. The van der Waals surface area contributed by atoms with Crippen LogP contribution in [0.1, 0.15) is 27.8 Å². The first kappa shape index (κ1) is 21.1. The van der Waals surface area contributed by atoms with Crippen molar-refractivity contribution in [2.75, 3.05) is 16.8 Å². The highest BCUT2D eigenvalue weighted by Gasteiger charge is 2.32. The van der Waals surface area contributed by atoms with E-state index >= 15 is 0 Å². The van der Waals surface area contributed by atoms with Gasteiger partial charge < -0.3 is 11.1 Å². The van der Waals surface area contributed by atoms with E-state index in [0.29, 0.717) is 5.56 Å². The molecule has 0 aliphatic heterocycles. The summed E-state index contributed by atoms with van der Waals surface area (Å²) in [4.78, 5) is 16.1. The number of aromatic nitrogens is 1. The van der Waals surface area contributed by atoms with Crippen LogP contribution in [-0.4, -0.2) is 16.6 Å². The Bertz CT molecular complexity index is 1020. The van der Waals surface area contributed by atoms with Crippen LogP contribution in [0.3, 0.4) is 0 Å². The largest absolute Gasteiger partial charge is 0.416 e. The van der Waals surface area contributed by atoms with E-state index in [1.54, 1.807) is 6.92 Å². The summed E-state index contributed by atoms with van der Waals surface area (Å²) in [7, 11) is 0. The highest BCUT2D eigenvalue weighted by Crippen LogP contribution is 2.33. The Morgan fingerprint density at radius 2 is 1.89 bits per heavy atom. The van der Waals surface area contributed by atoms with Gasteiger partial charge in [0.15, 0.2) is 0 Å². The Balaban J connectivity index is 2.17. The van der Waals surface area contributed by atoms with Crippen LogP contribution in [0.4, 0.5) is 24.7 Å². The normalized spacial score (nSPS) is 10.8. The maximum atomic E-state index is 13.0. The predicted molar refractivity (Wildman–Crippen MR) is 98.4 cm³/mol. The van der Waals surface area contributed by atoms with Crippen molar-refractivity contribution < 1.29 is 18.0 Å². The third-order valence-electron chi connectivity index (χ3n) is 3.83. The van der Waals surface area contributed by atoms with Crippen LogP contribution in [-0.2, 0) is 11.0 Å². The van der Waals surface area contributed by atoms with Gasteiger partial charge in [0.2, 0.25) is 5.91 Å². The molecule has 1 heterocycles. The number of nitrogens with one attached hydrogen (secondary N) is 1. The zero-order chi connectivity index (χ0) is 21.1. The van der Waals surface area contributed by atoms with Gasteiger partial charge in [0.05, 0.1) is 22.4 Å². The van der Waals surface area contributed by atoms with Crippen molar-refractivity contribution in [2.45, 2.75) is 25.0 Å². The summed E-state index contributed by atoms with van der Waals surface area (Å²) >= 11 is 0.902. The molecule has 0 spiro atoms. The van der Waals surface area contributed by atoms with Crippen LogP contribution >= 0.6 is 11.8 Å². The Morgan fingerprint density at radius 3 is 2.46 bits per heavy atom. The van der Waals surface area contributed by atoms with Crippen molar-refractivity contribution in [2.24, 2.45) is 0 Å². The number of carbonyl (C=O) groups excluding carboxylic acids is 1. The van der Waals surface area contributed by atoms with Gasteiger partial charge in [-0.1, -0.05) is 17.8 Å². The number of hydrogen-bond donors (Lipinski definition) is 2. The molecular weight excluding hydrogens is 391 g/mol. The molecule has 3 N–H and O–H groups in total. The van der Waals surface area contributed by atoms with E-state index < -0.39 is 17.6 Å². The zero-order valence-electron chi connectivity index (χ0n) is 14.8. The van der Waals surface area contributed by atoms with Crippen molar-refractivity contribution in [1.29, 1.82) is 10.5 Å². The van der Waals surface area contributed by atoms with Gasteiger partial charge >= 0.3 is 6.18 Å². The van der Waals surface area contributed by atoms with Crippen LogP contribution < -0.4 is 11.1 Å². The van der Waals surface area contributed by atoms with Gasteiger partial charge in [-0.2, -0.15) is 23.7 Å². The molecule has 0 radical (unpaired) electrons. The molecule has 0 aliphatic rings. The van der Waals surface area contributed by atoms with E-state index in [1.165, 1.54) is 19.1 Å². The number of aryl methyl sites for hydroxylation is 1. The molecule has 28 heavy (non-hydrogen) atoms. The van der Waals surface area contributed by atoms with Gasteiger partial charge in [0, 0.05) is 5.69 Å². The average Bonchev–Trinajstić information content (AvgIpc) is 2.61. The third-order valence-corrected chi connectivity index (χ3v) is 4.81. The molecule has 0 saturated carbocycles. The fraction of sp³-hybridized carbons (Fsp3) is 0.222. The summed E-state index contributed by atoms with van der Waals surface area (Å²) in [5.74, 6) is -0.842. The predicted octanol–water partition coefficient (Wildman–Crippen LogP) is 3.77. The van der Waals surface area contributed by atoms with Gasteiger partial charge in [-0.05, 0) is 37.1 Å². The summed E-state index contributed by atoms with van der Waals surface area (Å²) in [6.45, 7) is 2.88. The number of thioether (sulfide) groups is 1. The van der Waals surface area contributed by atoms with Crippen LogP contribution in [0.2, 0.25) is 0 Å². The Morgan fingerprint density at radius 1 is 1.25 bits per heavy atom. The van der Waals surface area contributed by atoms with E-state index in [2.05, 4.69) is 10.3 Å². The lowest BCUT2D eigenvalue weighted by molar-refractivity contribution is -0.138. The summed E-state index contributed by atoms with van der Waals surface area (Å²) in [6, 6.07) is 7.29. The molecule has 0 aliphatic carbocycles. The molecule has 2 aromatic rings. The summed E-state index contributed by atoms with van der Waals surface area (Å²) in [5, 5.41) is 20.9. The molecule has 0 bridgehead atoms. The SMILES string of the molecule is Cc1ccc(NC(=O)CSc2nc(N)c(C#N)c(C)c2C#N)cc1C(F)(F)F. The fourth-order valence-electron chi connectivity index (χ4n) is 2.41. The molecule has 0 saturated heterocycles. The van der Waals surface area contributed by atoms with Crippen molar-refractivity contribution in [3.63, 3.8) is 0 Å². The number of nitrogen functional groups attached to an aromatic ring is 1. The number of nitrogens with zero attached hydrogens (tertiary/aromatic N) is 3. The van der Waals surface area contributed by atoms with E-state index in [-0.39, 0.29) is 39.0 Å². The maximum absolute atomic E-state index is 13.0. The zero-order valence-corrected chi connectivity index (χ0v) is 15.6. The Kier molecular flexibility index (Phi) is 6.16. The van der Waals surface area contributed by atoms with Crippen LogP contribution in [0.5, 0.6) is 0 Å². The minimum Gasteiger partial charge on any atom is -0.383 e. The minimum absolute atomic E-state index is 0.00696. The van der Waals surface area contributed by atoms with E-state index in [1.807, 2.05) is 12.1 Å². The quantitative estimate of drug-likeness (QED) is 0.748. The lowest BCUT2D eigenvalue weighted by Crippen LogP contribution is -2.16. The van der Waals surface area contributed by atoms with Gasteiger partial charge in [-0.3, -0.25) is 4.79 Å². The van der Waals surface area contributed by atoms with Crippen molar-refractivity contribution >= 4 is 29.2 Å². The lowest BCUT2D eigenvalue weighted by Gasteiger charge is -2.13. The van der Waals surface area contributed by atoms with Crippen LogP contribution in [0.15, 0.2) is 23.2 Å². The molecule has 1 aromatic carbocycles. The number of carbonyl (C=O) groups is 1. The molecule has 144 valence electrons. The molecule has 0 atom stereocenters. The first-order valence-electron chi connectivity index (χ1n) is 7.79. The monoisotopic (exact) mass is 405 g/mol. The minimum atomic E-state index is -4.53. The first-order valence-corrected chi connectivity index (χ1v) is 8.77. The standard InChI is InChI=1S/C18H14F3N5OS/c1-9-3-4-11(5-14(9)18(19,20)21)25-15(27)8-28-17-13(7-23)10(2)12(6-22)16(24)26-17/h3-5H,8H2,1-2H3,(H2,24,26)(H,25,27). The van der Waals surface area contributed by atoms with Crippen LogP contribution in [0.25, 0.3) is 0 Å². The molecule has 1 amide bonds. The second-order valence-electron chi connectivity index (χ2n) is 5.77. The summed E-state index contributed by atoms with van der Waals surface area (Å²) in [6.07, 6.45) is -4.53. The summed E-state index contributed by atoms with van der Waals surface area (Å²) in [5.41, 5.74) is 5.48. The van der Waals surface area contributed by atoms with Gasteiger partial charge in [-0.15, -0.1) is 0 Å². The van der Waals surface area contributed by atoms with E-state index in [9.17, 15) is 23.2 Å². The topological polar surface area (TPSA) is 116 Å². The lowest BCUT2D eigenvalue weighted by atomic mass is 10.1. The van der Waals surface area contributed by atoms with Gasteiger partial charge in [-0.25, -0.2) is 4.98 Å². The number of nitrogens with two attached hydrogens (primary N) is 1. The molecule has 0 unspecified atom stereocenters. The third kappa shape index (κ3) is 4.53. The fourth-order valence-corrected chi connectivity index (χ4v) is 3.26. The Labute approximate surface area is 163 Å². The summed E-state index contributed by atoms with van der Waals surface area (Å²) < 4.78 is 38.9. The van der Waals surface area contributed by atoms with Crippen molar-refractivity contribution in [3.05, 3.63) is 46.0 Å². The Hall–Kier alpha value is -3.24. The van der Waals surface area contributed by atoms with Crippen molar-refractivity contribution in [3.8, 4) is 12.1 Å². The number of anilines is 2. The number of benzene rings is 1. The van der Waals surface area contributed by atoms with Gasteiger partial charge in [0.1, 0.15) is 23.0 Å².